The summed E-state index contributed by atoms with van der Waals surface area (Å²) in [6.45, 7) is 2.75. The van der Waals surface area contributed by atoms with Gasteiger partial charge in [-0.15, -0.1) is 0 Å². The molecule has 2 N–H and O–H groups in total. The number of nitrogens with two attached hydrogens (primary N) is 1. The third-order valence-electron chi connectivity index (χ3n) is 3.21. The van der Waals surface area contributed by atoms with Gasteiger partial charge in [-0.1, -0.05) is 6.92 Å². The second-order valence-corrected chi connectivity index (χ2v) is 4.56. The molecule has 0 saturated carbocycles. The van der Waals surface area contributed by atoms with Crippen molar-refractivity contribution < 1.29 is 14.5 Å². The Hall–Kier alpha value is -2.15. The molecule has 1 aromatic rings. The molecule has 108 valence electrons. The fourth-order valence-corrected chi connectivity index (χ4v) is 2.16. The molecule has 1 aromatic carbocycles. The van der Waals surface area contributed by atoms with Gasteiger partial charge in [-0.05, 0) is 25.5 Å². The number of rotatable bonds is 5. The van der Waals surface area contributed by atoms with Crippen LogP contribution in [0.2, 0.25) is 0 Å². The minimum atomic E-state index is -0.540. The van der Waals surface area contributed by atoms with Gasteiger partial charge >= 0.3 is 0 Å². The first-order valence-electron chi connectivity index (χ1n) is 6.55. The number of carbonyl (C=O) groups excluding carboxylic acids is 1. The molecule has 0 fully saturated rings. The number of nitro benzene ring substituents is 1. The van der Waals surface area contributed by atoms with Crippen LogP contribution < -0.4 is 15.4 Å². The molecule has 0 aromatic heterocycles. The minimum Gasteiger partial charge on any atom is -0.478 e. The van der Waals surface area contributed by atoms with E-state index in [9.17, 15) is 14.9 Å². The number of anilines is 1. The number of amides is 1. The molecule has 0 bridgehead atoms. The van der Waals surface area contributed by atoms with Gasteiger partial charge in [-0.25, -0.2) is 0 Å². The zero-order valence-electron chi connectivity index (χ0n) is 11.2. The summed E-state index contributed by atoms with van der Waals surface area (Å²) in [4.78, 5) is 24.2. The second-order valence-electron chi connectivity index (χ2n) is 4.56. The summed E-state index contributed by atoms with van der Waals surface area (Å²) in [5.41, 5.74) is 5.86. The molecule has 1 aliphatic heterocycles. The number of ether oxygens (including phenoxy) is 1. The van der Waals surface area contributed by atoms with Crippen LogP contribution in [0.1, 0.15) is 19.8 Å². The maximum absolute atomic E-state index is 12.3. The molecule has 1 atom stereocenters. The predicted molar refractivity (Wildman–Crippen MR) is 73.8 cm³/mol. The van der Waals surface area contributed by atoms with Crippen molar-refractivity contribution in [2.24, 2.45) is 5.73 Å². The van der Waals surface area contributed by atoms with Crippen LogP contribution >= 0.6 is 0 Å². The summed E-state index contributed by atoms with van der Waals surface area (Å²) < 4.78 is 5.59. The average molecular weight is 279 g/mol. The van der Waals surface area contributed by atoms with E-state index in [2.05, 4.69) is 0 Å². The Kier molecular flexibility index (Phi) is 4.19. The van der Waals surface area contributed by atoms with E-state index in [1.807, 2.05) is 6.92 Å². The molecule has 1 unspecified atom stereocenters. The molecule has 1 aliphatic rings. The van der Waals surface area contributed by atoms with Gasteiger partial charge < -0.3 is 15.4 Å². The summed E-state index contributed by atoms with van der Waals surface area (Å²) in [6, 6.07) is 4.29. The number of fused-ring (bicyclic) bond motifs is 1. The quantitative estimate of drug-likeness (QED) is 0.649. The molecule has 2 rings (SSSR count). The van der Waals surface area contributed by atoms with Gasteiger partial charge in [0.1, 0.15) is 5.75 Å². The number of benzene rings is 1. The predicted octanol–water partition coefficient (Wildman–Crippen LogP) is 1.45. The van der Waals surface area contributed by atoms with Crippen molar-refractivity contribution in [1.82, 2.24) is 0 Å². The van der Waals surface area contributed by atoms with Gasteiger partial charge in [0.15, 0.2) is 6.10 Å². The highest BCUT2D eigenvalue weighted by Crippen LogP contribution is 2.37. The highest BCUT2D eigenvalue weighted by atomic mass is 16.6. The van der Waals surface area contributed by atoms with E-state index in [0.717, 1.165) is 0 Å². The summed E-state index contributed by atoms with van der Waals surface area (Å²) in [7, 11) is 0. The van der Waals surface area contributed by atoms with Crippen molar-refractivity contribution in [3.05, 3.63) is 28.3 Å². The SMILES string of the molecule is CCC1Oc2ccc([N+](=O)[O-])cc2N(CCCN)C1=O. The first-order valence-corrected chi connectivity index (χ1v) is 6.55. The number of nitrogens with zero attached hydrogens (tertiary/aromatic N) is 2. The van der Waals surface area contributed by atoms with Crippen LogP contribution in [0.25, 0.3) is 0 Å². The zero-order chi connectivity index (χ0) is 14.7. The maximum atomic E-state index is 12.3. The average Bonchev–Trinajstić information content (AvgIpc) is 2.45. The Balaban J connectivity index is 2.41. The van der Waals surface area contributed by atoms with E-state index in [0.29, 0.717) is 37.4 Å². The number of hydrogen-bond acceptors (Lipinski definition) is 5. The number of hydrogen-bond donors (Lipinski definition) is 1. The molecule has 1 heterocycles. The van der Waals surface area contributed by atoms with Crippen molar-refractivity contribution in [1.29, 1.82) is 0 Å². The normalized spacial score (nSPS) is 17.6. The van der Waals surface area contributed by atoms with Crippen molar-refractivity contribution in [3.63, 3.8) is 0 Å². The van der Waals surface area contributed by atoms with Crippen LogP contribution in [0, 0.1) is 10.1 Å². The van der Waals surface area contributed by atoms with Gasteiger partial charge in [0.25, 0.3) is 11.6 Å². The topological polar surface area (TPSA) is 98.7 Å². The lowest BCUT2D eigenvalue weighted by Crippen LogP contribution is -2.46. The summed E-state index contributed by atoms with van der Waals surface area (Å²) in [5, 5.41) is 10.9. The second kappa shape index (κ2) is 5.87. The lowest BCUT2D eigenvalue weighted by atomic mass is 10.1. The maximum Gasteiger partial charge on any atom is 0.271 e. The lowest BCUT2D eigenvalue weighted by molar-refractivity contribution is -0.384. The van der Waals surface area contributed by atoms with Gasteiger partial charge in [-0.3, -0.25) is 14.9 Å². The van der Waals surface area contributed by atoms with E-state index in [4.69, 9.17) is 10.5 Å². The molecule has 1 amide bonds. The molecule has 7 nitrogen and oxygen atoms in total. The molecule has 0 saturated heterocycles. The fourth-order valence-electron chi connectivity index (χ4n) is 2.16. The molecule has 0 aliphatic carbocycles. The van der Waals surface area contributed by atoms with Crippen LogP contribution in [0.15, 0.2) is 18.2 Å². The molecule has 0 spiro atoms. The molecule has 0 radical (unpaired) electrons. The van der Waals surface area contributed by atoms with Crippen molar-refractivity contribution in [2.75, 3.05) is 18.0 Å². The number of nitro groups is 1. The summed E-state index contributed by atoms with van der Waals surface area (Å²) in [5.74, 6) is 0.327. The highest BCUT2D eigenvalue weighted by molar-refractivity contribution is 6.00. The molecule has 20 heavy (non-hydrogen) atoms. The largest absolute Gasteiger partial charge is 0.478 e. The molecule has 7 heteroatoms. The first-order chi connectivity index (χ1) is 9.58. The first kappa shape index (κ1) is 14.3. The van der Waals surface area contributed by atoms with Crippen LogP contribution in [-0.2, 0) is 4.79 Å². The Labute approximate surface area is 116 Å². The summed E-state index contributed by atoms with van der Waals surface area (Å²) in [6.07, 6.45) is 0.639. The smallest absolute Gasteiger partial charge is 0.271 e. The zero-order valence-corrected chi connectivity index (χ0v) is 11.2. The Bertz CT molecular complexity index is 532. The number of non-ortho nitro benzene ring substituents is 1. The van der Waals surface area contributed by atoms with E-state index in [1.165, 1.54) is 23.1 Å². The van der Waals surface area contributed by atoms with Crippen LogP contribution in [-0.4, -0.2) is 30.0 Å². The van der Waals surface area contributed by atoms with E-state index in [-0.39, 0.29) is 11.6 Å². The summed E-state index contributed by atoms with van der Waals surface area (Å²) >= 11 is 0. The molecular weight excluding hydrogens is 262 g/mol. The van der Waals surface area contributed by atoms with Gasteiger partial charge in [0, 0.05) is 18.7 Å². The Morgan fingerprint density at radius 3 is 2.85 bits per heavy atom. The minimum absolute atomic E-state index is 0.0622. The lowest BCUT2D eigenvalue weighted by Gasteiger charge is -2.33. The third-order valence-corrected chi connectivity index (χ3v) is 3.21. The Morgan fingerprint density at radius 2 is 2.25 bits per heavy atom. The van der Waals surface area contributed by atoms with Gasteiger partial charge in [0.2, 0.25) is 0 Å². The van der Waals surface area contributed by atoms with Crippen LogP contribution in [0.5, 0.6) is 5.75 Å². The molecular formula is C13H17N3O4. The monoisotopic (exact) mass is 279 g/mol. The number of carbonyl (C=O) groups is 1. The van der Waals surface area contributed by atoms with E-state index < -0.39 is 11.0 Å². The third kappa shape index (κ3) is 2.57. The van der Waals surface area contributed by atoms with E-state index in [1.54, 1.807) is 0 Å². The van der Waals surface area contributed by atoms with Crippen molar-refractivity contribution >= 4 is 17.3 Å². The fraction of sp³-hybridized carbons (Fsp3) is 0.462. The van der Waals surface area contributed by atoms with Crippen molar-refractivity contribution in [2.45, 2.75) is 25.9 Å². The Morgan fingerprint density at radius 1 is 1.50 bits per heavy atom. The van der Waals surface area contributed by atoms with Gasteiger partial charge in [0.05, 0.1) is 10.6 Å². The van der Waals surface area contributed by atoms with Crippen LogP contribution in [0.4, 0.5) is 11.4 Å². The van der Waals surface area contributed by atoms with Crippen molar-refractivity contribution in [3.8, 4) is 5.75 Å². The van der Waals surface area contributed by atoms with E-state index >= 15 is 0 Å². The highest BCUT2D eigenvalue weighted by Gasteiger charge is 2.33. The van der Waals surface area contributed by atoms with Crippen LogP contribution in [0.3, 0.4) is 0 Å². The standard InChI is InChI=1S/C13H17N3O4/c1-2-11-13(17)15(7-3-6-14)10-8-9(16(18)19)4-5-12(10)20-11/h4-5,8,11H,2-3,6-7,14H2,1H3. The van der Waals surface area contributed by atoms with Gasteiger partial charge in [-0.2, -0.15) is 0 Å².